The van der Waals surface area contributed by atoms with E-state index in [1.165, 1.54) is 5.69 Å². The summed E-state index contributed by atoms with van der Waals surface area (Å²) in [6, 6.07) is 0.556. The second kappa shape index (κ2) is 3.21. The average Bonchev–Trinajstić information content (AvgIpc) is 2.60. The molecule has 1 fully saturated rings. The number of anilines is 1. The maximum absolute atomic E-state index is 4.55. The van der Waals surface area contributed by atoms with Crippen LogP contribution in [0.3, 0.4) is 0 Å². The van der Waals surface area contributed by atoms with Crippen molar-refractivity contribution in [3.05, 3.63) is 11.1 Å². The molecule has 0 unspecified atom stereocenters. The van der Waals surface area contributed by atoms with Crippen molar-refractivity contribution in [2.45, 2.75) is 47.1 Å². The fourth-order valence-corrected chi connectivity index (χ4v) is 3.04. The lowest BCUT2D eigenvalue weighted by molar-refractivity contribution is 0.457. The number of aryl methyl sites for hydroxylation is 1. The van der Waals surface area contributed by atoms with Gasteiger partial charge >= 0.3 is 0 Å². The Hall–Kier alpha value is -0.570. The molecule has 1 aliphatic carbocycles. The quantitative estimate of drug-likeness (QED) is 0.849. The first-order valence-electron chi connectivity index (χ1n) is 5.60. The zero-order chi connectivity index (χ0) is 11.3. The lowest BCUT2D eigenvalue weighted by atomic mass is 10.0. The molecule has 1 aromatic rings. The van der Waals surface area contributed by atoms with Crippen molar-refractivity contribution < 1.29 is 0 Å². The van der Waals surface area contributed by atoms with E-state index < -0.39 is 0 Å². The molecule has 1 N–H and O–H groups in total. The highest BCUT2D eigenvalue weighted by molar-refractivity contribution is 7.13. The number of nitrogens with zero attached hydrogens (tertiary/aromatic N) is 1. The van der Waals surface area contributed by atoms with E-state index in [1.54, 1.807) is 11.3 Å². The molecule has 84 valence electrons. The third-order valence-corrected chi connectivity index (χ3v) is 5.02. The molecule has 1 saturated carbocycles. The minimum atomic E-state index is 0.380. The topological polar surface area (TPSA) is 24.9 Å². The number of thiazole rings is 1. The number of nitrogens with one attached hydrogen (secondary N) is 1. The van der Waals surface area contributed by atoms with Crippen molar-refractivity contribution in [1.82, 2.24) is 4.98 Å². The lowest BCUT2D eigenvalue weighted by Crippen LogP contribution is -2.09. The molecular weight excluding hydrogens is 204 g/mol. The van der Waals surface area contributed by atoms with Crippen molar-refractivity contribution in [1.29, 1.82) is 0 Å². The zero-order valence-electron chi connectivity index (χ0n) is 10.2. The summed E-state index contributed by atoms with van der Waals surface area (Å²) < 4.78 is 0. The van der Waals surface area contributed by atoms with Crippen molar-refractivity contribution in [3.8, 4) is 0 Å². The highest BCUT2D eigenvalue weighted by Gasteiger charge is 2.65. The van der Waals surface area contributed by atoms with Crippen LogP contribution in [-0.2, 0) is 6.42 Å². The molecule has 0 radical (unpaired) electrons. The van der Waals surface area contributed by atoms with Crippen LogP contribution in [0.2, 0.25) is 0 Å². The Kier molecular flexibility index (Phi) is 2.34. The molecular formula is C12H20N2S. The van der Waals surface area contributed by atoms with E-state index >= 15 is 0 Å². The Morgan fingerprint density at radius 1 is 1.33 bits per heavy atom. The summed E-state index contributed by atoms with van der Waals surface area (Å²) in [4.78, 5) is 4.55. The largest absolute Gasteiger partial charge is 0.358 e. The fraction of sp³-hybridized carbons (Fsp3) is 0.750. The van der Waals surface area contributed by atoms with E-state index in [-0.39, 0.29) is 0 Å². The minimum absolute atomic E-state index is 0.380. The summed E-state index contributed by atoms with van der Waals surface area (Å²) in [6.07, 6.45) is 1.02. The first-order valence-corrected chi connectivity index (χ1v) is 6.48. The van der Waals surface area contributed by atoms with Crippen LogP contribution in [-0.4, -0.2) is 11.0 Å². The van der Waals surface area contributed by atoms with Gasteiger partial charge in [-0.1, -0.05) is 34.6 Å². The van der Waals surface area contributed by atoms with E-state index in [4.69, 9.17) is 0 Å². The molecule has 15 heavy (non-hydrogen) atoms. The van der Waals surface area contributed by atoms with Crippen LogP contribution in [0.5, 0.6) is 0 Å². The van der Waals surface area contributed by atoms with Gasteiger partial charge in [0, 0.05) is 11.4 Å². The van der Waals surface area contributed by atoms with Crippen LogP contribution >= 0.6 is 11.3 Å². The maximum atomic E-state index is 4.55. The molecule has 1 aliphatic rings. The summed E-state index contributed by atoms with van der Waals surface area (Å²) in [5.74, 6) is 0. The van der Waals surface area contributed by atoms with Crippen LogP contribution in [0.25, 0.3) is 0 Å². The Balaban J connectivity index is 2.06. The summed E-state index contributed by atoms with van der Waals surface area (Å²) in [6.45, 7) is 11.4. The number of hydrogen-bond acceptors (Lipinski definition) is 3. The monoisotopic (exact) mass is 224 g/mol. The van der Waals surface area contributed by atoms with E-state index in [2.05, 4.69) is 50.3 Å². The molecule has 0 aliphatic heterocycles. The Morgan fingerprint density at radius 2 is 1.93 bits per heavy atom. The van der Waals surface area contributed by atoms with Gasteiger partial charge in [0.1, 0.15) is 0 Å². The number of hydrogen-bond donors (Lipinski definition) is 1. The summed E-state index contributed by atoms with van der Waals surface area (Å²) in [5.41, 5.74) is 1.95. The number of rotatable bonds is 3. The van der Waals surface area contributed by atoms with E-state index in [0.29, 0.717) is 16.9 Å². The molecule has 2 rings (SSSR count). The molecule has 0 amide bonds. The molecule has 0 bridgehead atoms. The smallest absolute Gasteiger partial charge is 0.183 e. The van der Waals surface area contributed by atoms with Gasteiger partial charge in [0.05, 0.1) is 5.69 Å². The van der Waals surface area contributed by atoms with Gasteiger partial charge in [-0.05, 0) is 17.3 Å². The zero-order valence-corrected chi connectivity index (χ0v) is 11.0. The molecule has 1 heterocycles. The van der Waals surface area contributed by atoms with Gasteiger partial charge < -0.3 is 5.32 Å². The normalized spacial score (nSPS) is 22.7. The van der Waals surface area contributed by atoms with Crippen molar-refractivity contribution in [3.63, 3.8) is 0 Å². The van der Waals surface area contributed by atoms with Crippen LogP contribution in [0.1, 0.15) is 40.3 Å². The standard InChI is InChI=1S/C12H20N2S/c1-6-8-7-15-10(13-8)14-9-11(2,3)12(9,4)5/h7,9H,6H2,1-5H3,(H,13,14). The predicted molar refractivity (Wildman–Crippen MR) is 66.5 cm³/mol. The Labute approximate surface area is 96.1 Å². The van der Waals surface area contributed by atoms with Crippen LogP contribution < -0.4 is 5.32 Å². The average molecular weight is 224 g/mol. The summed E-state index contributed by atoms with van der Waals surface area (Å²) in [7, 11) is 0. The summed E-state index contributed by atoms with van der Waals surface area (Å²) in [5, 5.41) is 6.78. The Morgan fingerprint density at radius 3 is 2.33 bits per heavy atom. The second-order valence-electron chi connectivity index (χ2n) is 5.52. The maximum Gasteiger partial charge on any atom is 0.183 e. The third-order valence-electron chi connectivity index (χ3n) is 4.20. The molecule has 0 spiro atoms. The minimum Gasteiger partial charge on any atom is -0.358 e. The van der Waals surface area contributed by atoms with Crippen molar-refractivity contribution in [2.24, 2.45) is 10.8 Å². The van der Waals surface area contributed by atoms with Gasteiger partial charge in [-0.3, -0.25) is 0 Å². The fourth-order valence-electron chi connectivity index (χ4n) is 2.22. The highest BCUT2D eigenvalue weighted by Crippen LogP contribution is 2.63. The van der Waals surface area contributed by atoms with Crippen LogP contribution in [0.4, 0.5) is 5.13 Å². The molecule has 2 nitrogen and oxygen atoms in total. The predicted octanol–water partition coefficient (Wildman–Crippen LogP) is 3.55. The van der Waals surface area contributed by atoms with Gasteiger partial charge in [0.2, 0.25) is 0 Å². The van der Waals surface area contributed by atoms with Crippen molar-refractivity contribution in [2.75, 3.05) is 5.32 Å². The molecule has 0 saturated heterocycles. The molecule has 0 atom stereocenters. The van der Waals surface area contributed by atoms with Gasteiger partial charge in [-0.15, -0.1) is 11.3 Å². The highest BCUT2D eigenvalue weighted by atomic mass is 32.1. The number of aromatic nitrogens is 1. The van der Waals surface area contributed by atoms with Gasteiger partial charge in [0.25, 0.3) is 0 Å². The third kappa shape index (κ3) is 1.57. The van der Waals surface area contributed by atoms with Gasteiger partial charge in [0.15, 0.2) is 5.13 Å². The van der Waals surface area contributed by atoms with E-state index in [0.717, 1.165) is 11.6 Å². The van der Waals surface area contributed by atoms with Gasteiger partial charge in [-0.2, -0.15) is 0 Å². The van der Waals surface area contributed by atoms with Crippen molar-refractivity contribution >= 4 is 16.5 Å². The van der Waals surface area contributed by atoms with Crippen LogP contribution in [0, 0.1) is 10.8 Å². The molecule has 1 aromatic heterocycles. The molecule has 0 aromatic carbocycles. The Bertz CT molecular complexity index is 351. The van der Waals surface area contributed by atoms with E-state index in [1.807, 2.05) is 0 Å². The molecule has 3 heteroatoms. The van der Waals surface area contributed by atoms with Gasteiger partial charge in [-0.25, -0.2) is 4.98 Å². The van der Waals surface area contributed by atoms with Crippen LogP contribution in [0.15, 0.2) is 5.38 Å². The van der Waals surface area contributed by atoms with E-state index in [9.17, 15) is 0 Å². The first-order chi connectivity index (χ1) is 6.89. The summed E-state index contributed by atoms with van der Waals surface area (Å²) >= 11 is 1.72. The SMILES string of the molecule is CCc1csc(NC2C(C)(C)C2(C)C)n1. The first kappa shape index (κ1) is 10.9. The lowest BCUT2D eigenvalue weighted by Gasteiger charge is -2.03. The second-order valence-corrected chi connectivity index (χ2v) is 6.38.